The summed E-state index contributed by atoms with van der Waals surface area (Å²) in [7, 11) is 1.69. The molecule has 174 valence electrons. The lowest BCUT2D eigenvalue weighted by Crippen LogP contribution is -2.48. The summed E-state index contributed by atoms with van der Waals surface area (Å²) in [4.78, 5) is 31.6. The number of aryl methyl sites for hydroxylation is 1. The van der Waals surface area contributed by atoms with Crippen molar-refractivity contribution in [1.82, 2.24) is 9.80 Å². The van der Waals surface area contributed by atoms with Crippen LogP contribution in [0.25, 0.3) is 0 Å². The molecule has 2 aromatic carbocycles. The van der Waals surface area contributed by atoms with E-state index in [9.17, 15) is 9.59 Å². The fourth-order valence-electron chi connectivity index (χ4n) is 4.24. The minimum absolute atomic E-state index is 0.0203. The van der Waals surface area contributed by atoms with Gasteiger partial charge >= 0.3 is 0 Å². The van der Waals surface area contributed by atoms with E-state index in [1.807, 2.05) is 62.4 Å². The number of carbonyl (C=O) groups is 2. The van der Waals surface area contributed by atoms with E-state index in [1.54, 1.807) is 7.05 Å². The topological polar surface area (TPSA) is 79.7 Å². The first-order valence-corrected chi connectivity index (χ1v) is 11.5. The van der Waals surface area contributed by atoms with Gasteiger partial charge in [-0.3, -0.25) is 14.5 Å². The zero-order valence-electron chi connectivity index (χ0n) is 19.8. The molecule has 1 heterocycles. The zero-order valence-corrected chi connectivity index (χ0v) is 19.8. The number of carbonyl (C=O) groups excluding carboxylic acids is 2. The molecule has 1 aliphatic heterocycles. The number of hydrogen-bond donors (Lipinski definition) is 1. The molecule has 1 unspecified atom stereocenters. The highest BCUT2D eigenvalue weighted by molar-refractivity contribution is 5.95. The largest absolute Gasteiger partial charge is 0.370 e. The molecule has 0 spiro atoms. The third-order valence-electron chi connectivity index (χ3n) is 6.23. The number of likely N-dealkylation sites (N-methyl/N-ethyl adjacent to an activating group) is 1. The molecule has 1 saturated heterocycles. The summed E-state index contributed by atoms with van der Waals surface area (Å²) >= 11 is 0. The van der Waals surface area contributed by atoms with E-state index in [4.69, 9.17) is 5.26 Å². The molecule has 3 rings (SSSR count). The standard InChI is InChI=1S/C26H33N5O2/c1-4-22-8-5-6-9-24(22)28-25(32)19-29(3)26(33)20(2)30-14-7-15-31(17-16-30)23-12-10-21(18-27)11-13-23/h5-6,8-13,20H,4,7,14-17,19H2,1-3H3,(H,28,32). The van der Waals surface area contributed by atoms with Crippen molar-refractivity contribution in [3.8, 4) is 6.07 Å². The van der Waals surface area contributed by atoms with Crippen LogP contribution in [-0.2, 0) is 16.0 Å². The number of hydrogen-bond acceptors (Lipinski definition) is 5. The number of nitriles is 1. The van der Waals surface area contributed by atoms with Gasteiger partial charge in [0.05, 0.1) is 24.2 Å². The van der Waals surface area contributed by atoms with Crippen LogP contribution in [0.15, 0.2) is 48.5 Å². The first kappa shape index (κ1) is 24.3. The molecule has 2 aromatic rings. The van der Waals surface area contributed by atoms with Crippen LogP contribution in [0.1, 0.15) is 31.4 Å². The predicted molar refractivity (Wildman–Crippen MR) is 131 cm³/mol. The molecule has 1 aliphatic rings. The Balaban J connectivity index is 1.54. The summed E-state index contributed by atoms with van der Waals surface area (Å²) in [5, 5.41) is 11.9. The molecule has 0 bridgehead atoms. The monoisotopic (exact) mass is 447 g/mol. The van der Waals surface area contributed by atoms with Crippen molar-refractivity contribution in [2.75, 3.05) is 50.0 Å². The Kier molecular flexibility index (Phi) is 8.45. The molecular weight excluding hydrogens is 414 g/mol. The molecule has 0 aromatic heterocycles. The van der Waals surface area contributed by atoms with Crippen LogP contribution < -0.4 is 10.2 Å². The van der Waals surface area contributed by atoms with E-state index in [0.717, 1.165) is 56.0 Å². The zero-order chi connectivity index (χ0) is 23.8. The lowest BCUT2D eigenvalue weighted by atomic mass is 10.1. The quantitative estimate of drug-likeness (QED) is 0.706. The van der Waals surface area contributed by atoms with Crippen molar-refractivity contribution in [3.05, 3.63) is 59.7 Å². The second-order valence-electron chi connectivity index (χ2n) is 8.46. The van der Waals surface area contributed by atoms with Gasteiger partial charge in [-0.2, -0.15) is 5.26 Å². The van der Waals surface area contributed by atoms with Gasteiger partial charge in [0.2, 0.25) is 11.8 Å². The normalized spacial score (nSPS) is 15.3. The molecule has 7 heteroatoms. The predicted octanol–water partition coefficient (Wildman–Crippen LogP) is 3.12. The Morgan fingerprint density at radius 2 is 1.82 bits per heavy atom. The highest BCUT2D eigenvalue weighted by Crippen LogP contribution is 2.19. The maximum atomic E-state index is 13.0. The van der Waals surface area contributed by atoms with Gasteiger partial charge in [0.25, 0.3) is 0 Å². The SMILES string of the molecule is CCc1ccccc1NC(=O)CN(C)C(=O)C(C)N1CCCN(c2ccc(C#N)cc2)CC1. The number of nitrogens with one attached hydrogen (secondary N) is 1. The number of benzene rings is 2. The number of anilines is 2. The number of amides is 2. The van der Waals surface area contributed by atoms with Crippen molar-refractivity contribution < 1.29 is 9.59 Å². The summed E-state index contributed by atoms with van der Waals surface area (Å²) in [5.74, 6) is -0.248. The van der Waals surface area contributed by atoms with E-state index >= 15 is 0 Å². The Labute approximate surface area is 196 Å². The Bertz CT molecular complexity index is 998. The summed E-state index contributed by atoms with van der Waals surface area (Å²) in [6.07, 6.45) is 1.77. The number of nitrogens with zero attached hydrogens (tertiary/aromatic N) is 4. The van der Waals surface area contributed by atoms with Crippen molar-refractivity contribution in [3.63, 3.8) is 0 Å². The van der Waals surface area contributed by atoms with Gasteiger partial charge in [0, 0.05) is 44.6 Å². The van der Waals surface area contributed by atoms with Crippen LogP contribution in [0.5, 0.6) is 0 Å². The average molecular weight is 448 g/mol. The van der Waals surface area contributed by atoms with Crippen molar-refractivity contribution in [2.45, 2.75) is 32.7 Å². The van der Waals surface area contributed by atoms with Gasteiger partial charge < -0.3 is 15.1 Å². The maximum absolute atomic E-state index is 13.0. The summed E-state index contributed by atoms with van der Waals surface area (Å²) in [6, 6.07) is 17.2. The van der Waals surface area contributed by atoms with E-state index in [2.05, 4.69) is 21.2 Å². The molecule has 1 fully saturated rings. The lowest BCUT2D eigenvalue weighted by molar-refractivity contribution is -0.137. The van der Waals surface area contributed by atoms with Gasteiger partial charge in [-0.1, -0.05) is 25.1 Å². The molecule has 33 heavy (non-hydrogen) atoms. The highest BCUT2D eigenvalue weighted by atomic mass is 16.2. The molecule has 1 N–H and O–H groups in total. The molecule has 7 nitrogen and oxygen atoms in total. The van der Waals surface area contributed by atoms with Gasteiger partial charge in [-0.05, 0) is 55.7 Å². The minimum atomic E-state index is -0.299. The third kappa shape index (κ3) is 6.33. The van der Waals surface area contributed by atoms with E-state index in [0.29, 0.717) is 5.56 Å². The Hall–Kier alpha value is -3.37. The van der Waals surface area contributed by atoms with E-state index in [-0.39, 0.29) is 24.4 Å². The van der Waals surface area contributed by atoms with Crippen LogP contribution in [0.4, 0.5) is 11.4 Å². The van der Waals surface area contributed by atoms with Crippen molar-refractivity contribution in [1.29, 1.82) is 5.26 Å². The van der Waals surface area contributed by atoms with Crippen LogP contribution in [0.3, 0.4) is 0 Å². The molecule has 0 aliphatic carbocycles. The molecule has 2 amide bonds. The average Bonchev–Trinajstić information content (AvgIpc) is 3.09. The fraction of sp³-hybridized carbons (Fsp3) is 0.423. The van der Waals surface area contributed by atoms with Gasteiger partial charge in [-0.25, -0.2) is 0 Å². The van der Waals surface area contributed by atoms with Gasteiger partial charge in [-0.15, -0.1) is 0 Å². The molecule has 0 saturated carbocycles. The summed E-state index contributed by atoms with van der Waals surface area (Å²) in [6.45, 7) is 7.28. The van der Waals surface area contributed by atoms with Crippen LogP contribution in [0.2, 0.25) is 0 Å². The molecular formula is C26H33N5O2. The van der Waals surface area contributed by atoms with Crippen molar-refractivity contribution in [2.24, 2.45) is 0 Å². The smallest absolute Gasteiger partial charge is 0.243 e. The summed E-state index contributed by atoms with van der Waals surface area (Å²) in [5.41, 5.74) is 3.62. The maximum Gasteiger partial charge on any atom is 0.243 e. The minimum Gasteiger partial charge on any atom is -0.370 e. The van der Waals surface area contributed by atoms with E-state index < -0.39 is 0 Å². The van der Waals surface area contributed by atoms with Crippen molar-refractivity contribution >= 4 is 23.2 Å². The van der Waals surface area contributed by atoms with Crippen LogP contribution >= 0.6 is 0 Å². The van der Waals surface area contributed by atoms with E-state index in [1.165, 1.54) is 4.90 Å². The van der Waals surface area contributed by atoms with Crippen LogP contribution in [0, 0.1) is 11.3 Å². The highest BCUT2D eigenvalue weighted by Gasteiger charge is 2.27. The Morgan fingerprint density at radius 1 is 1.09 bits per heavy atom. The molecule has 1 atom stereocenters. The second kappa shape index (κ2) is 11.5. The number of rotatable bonds is 7. The van der Waals surface area contributed by atoms with Crippen LogP contribution in [-0.4, -0.2) is 67.4 Å². The number of para-hydroxylation sites is 1. The second-order valence-corrected chi connectivity index (χ2v) is 8.46. The first-order valence-electron chi connectivity index (χ1n) is 11.5. The molecule has 0 radical (unpaired) electrons. The first-order chi connectivity index (χ1) is 15.9. The fourth-order valence-corrected chi connectivity index (χ4v) is 4.24. The van der Waals surface area contributed by atoms with Gasteiger partial charge in [0.15, 0.2) is 0 Å². The van der Waals surface area contributed by atoms with Gasteiger partial charge in [0.1, 0.15) is 0 Å². The Morgan fingerprint density at radius 3 is 2.52 bits per heavy atom. The lowest BCUT2D eigenvalue weighted by Gasteiger charge is -2.30. The summed E-state index contributed by atoms with van der Waals surface area (Å²) < 4.78 is 0. The third-order valence-corrected chi connectivity index (χ3v) is 6.23.